The van der Waals surface area contributed by atoms with E-state index in [1.807, 2.05) is 0 Å². The molecule has 2 rings (SSSR count). The number of hydrogen-bond acceptors (Lipinski definition) is 6. The van der Waals surface area contributed by atoms with Gasteiger partial charge in [0.25, 0.3) is 0 Å². The van der Waals surface area contributed by atoms with Gasteiger partial charge in [-0.05, 0) is 4.92 Å². The van der Waals surface area contributed by atoms with Crippen LogP contribution < -0.4 is 5.43 Å². The van der Waals surface area contributed by atoms with Crippen LogP contribution in [0.5, 0.6) is 0 Å². The van der Waals surface area contributed by atoms with Crippen LogP contribution in [0, 0.1) is 10.1 Å². The van der Waals surface area contributed by atoms with Gasteiger partial charge in [-0.15, -0.1) is 0 Å². The van der Waals surface area contributed by atoms with Gasteiger partial charge in [-0.2, -0.15) is 0 Å². The highest BCUT2D eigenvalue weighted by atomic mass is 35.5. The maximum absolute atomic E-state index is 10.6. The van der Waals surface area contributed by atoms with Crippen LogP contribution in [0.3, 0.4) is 0 Å². The van der Waals surface area contributed by atoms with Crippen LogP contribution in [0.4, 0.5) is 5.82 Å². The predicted molar refractivity (Wildman–Crippen MR) is 56.3 cm³/mol. The summed E-state index contributed by atoms with van der Waals surface area (Å²) in [6.45, 7) is 0. The lowest BCUT2D eigenvalue weighted by Crippen LogP contribution is -2.10. The molecule has 0 bridgehead atoms. The molecule has 0 radical (unpaired) electrons. The van der Waals surface area contributed by atoms with E-state index in [2.05, 4.69) is 10.4 Å². The number of nitro groups is 1. The minimum Gasteiger partial charge on any atom is -0.358 e. The summed E-state index contributed by atoms with van der Waals surface area (Å²) in [5.41, 5.74) is 2.71. The van der Waals surface area contributed by atoms with E-state index in [-0.39, 0.29) is 5.82 Å². The third-order valence-corrected chi connectivity index (χ3v) is 2.91. The molecule has 0 amide bonds. The molecule has 15 heavy (non-hydrogen) atoms. The molecule has 0 unspecified atom stereocenters. The van der Waals surface area contributed by atoms with Gasteiger partial charge in [0.15, 0.2) is 0 Å². The first-order valence-corrected chi connectivity index (χ1v) is 4.97. The van der Waals surface area contributed by atoms with E-state index in [1.165, 1.54) is 26.6 Å². The van der Waals surface area contributed by atoms with Crippen molar-refractivity contribution in [1.29, 1.82) is 0 Å². The van der Waals surface area contributed by atoms with E-state index in [1.54, 1.807) is 13.2 Å². The standard InChI is InChI=1S/C6H6ClN5O2S/c1-10-5(11(13)14)3-8-6(10)4-2-9-12(7)15-4/h2-3,9H,1H3. The highest BCUT2D eigenvalue weighted by Crippen LogP contribution is 2.34. The van der Waals surface area contributed by atoms with Gasteiger partial charge in [-0.1, -0.05) is 3.93 Å². The first-order valence-electron chi connectivity index (χ1n) is 3.86. The minimum atomic E-state index is -0.484. The van der Waals surface area contributed by atoms with Crippen LogP contribution in [-0.4, -0.2) is 18.4 Å². The Morgan fingerprint density at radius 1 is 1.73 bits per heavy atom. The van der Waals surface area contributed by atoms with Crippen molar-refractivity contribution < 1.29 is 4.92 Å². The second-order valence-electron chi connectivity index (χ2n) is 2.73. The largest absolute Gasteiger partial charge is 0.358 e. The molecule has 0 atom stereocenters. The summed E-state index contributed by atoms with van der Waals surface area (Å²) >= 11 is 6.84. The van der Waals surface area contributed by atoms with E-state index in [4.69, 9.17) is 11.8 Å². The highest BCUT2D eigenvalue weighted by molar-refractivity contribution is 8.07. The normalized spacial score (nSPS) is 16.3. The number of rotatable bonds is 2. The molecule has 1 aromatic heterocycles. The summed E-state index contributed by atoms with van der Waals surface area (Å²) in [7, 11) is 1.58. The minimum absolute atomic E-state index is 0.0560. The molecule has 7 nitrogen and oxygen atoms in total. The lowest BCUT2D eigenvalue weighted by molar-refractivity contribution is -0.391. The smallest absolute Gasteiger partial charge is 0.342 e. The molecule has 1 aromatic rings. The molecule has 80 valence electrons. The molecule has 1 aliphatic rings. The fraction of sp³-hybridized carbons (Fsp3) is 0.167. The fourth-order valence-electron chi connectivity index (χ4n) is 1.15. The third-order valence-electron chi connectivity index (χ3n) is 1.85. The van der Waals surface area contributed by atoms with Crippen molar-refractivity contribution in [2.45, 2.75) is 0 Å². The van der Waals surface area contributed by atoms with Crippen molar-refractivity contribution >= 4 is 34.4 Å². The lowest BCUT2D eigenvalue weighted by Gasteiger charge is -2.01. The number of halogens is 1. The summed E-state index contributed by atoms with van der Waals surface area (Å²) in [6, 6.07) is 0. The Balaban J connectivity index is 2.34. The average molecular weight is 248 g/mol. The SMILES string of the molecule is Cn1c([N+](=O)[O-])cnc1C1=CNN(Cl)S1. The van der Waals surface area contributed by atoms with Crippen molar-refractivity contribution in [3.8, 4) is 0 Å². The second kappa shape index (κ2) is 3.72. The molecular formula is C6H6ClN5O2S. The summed E-state index contributed by atoms with van der Waals surface area (Å²) in [5, 5.41) is 10.6. The van der Waals surface area contributed by atoms with Gasteiger partial charge in [-0.25, -0.2) is 9.55 Å². The number of imidazole rings is 1. The predicted octanol–water partition coefficient (Wildman–Crippen LogP) is 1.25. The zero-order chi connectivity index (χ0) is 11.0. The van der Waals surface area contributed by atoms with Crippen LogP contribution in [0.25, 0.3) is 4.91 Å². The molecule has 0 aliphatic carbocycles. The first-order chi connectivity index (χ1) is 7.09. The Labute approximate surface area is 94.1 Å². The maximum atomic E-state index is 10.6. The maximum Gasteiger partial charge on any atom is 0.342 e. The summed E-state index contributed by atoms with van der Waals surface area (Å²) in [6.07, 6.45) is 2.84. The van der Waals surface area contributed by atoms with Gasteiger partial charge in [0.05, 0.1) is 7.05 Å². The molecule has 0 spiro atoms. The van der Waals surface area contributed by atoms with Crippen LogP contribution in [0.1, 0.15) is 5.82 Å². The topological polar surface area (TPSA) is 76.2 Å². The van der Waals surface area contributed by atoms with Crippen LogP contribution in [0.15, 0.2) is 12.4 Å². The Kier molecular flexibility index (Phi) is 2.55. The van der Waals surface area contributed by atoms with Gasteiger partial charge in [-0.3, -0.25) is 0 Å². The molecule has 2 heterocycles. The molecule has 0 saturated heterocycles. The van der Waals surface area contributed by atoms with E-state index in [9.17, 15) is 10.1 Å². The molecule has 0 saturated carbocycles. The van der Waals surface area contributed by atoms with Crippen molar-refractivity contribution in [2.75, 3.05) is 0 Å². The first kappa shape index (κ1) is 10.3. The Morgan fingerprint density at radius 2 is 2.47 bits per heavy atom. The quantitative estimate of drug-likeness (QED) is 0.367. The fourth-order valence-corrected chi connectivity index (χ4v) is 2.08. The molecule has 1 aliphatic heterocycles. The molecular weight excluding hydrogens is 242 g/mol. The Morgan fingerprint density at radius 3 is 2.93 bits per heavy atom. The van der Waals surface area contributed by atoms with Crippen LogP contribution >= 0.6 is 23.7 Å². The van der Waals surface area contributed by atoms with Crippen molar-refractivity contribution in [3.05, 3.63) is 28.3 Å². The Bertz CT molecular complexity index is 445. The van der Waals surface area contributed by atoms with Crippen molar-refractivity contribution in [3.63, 3.8) is 0 Å². The average Bonchev–Trinajstić information content (AvgIpc) is 2.71. The van der Waals surface area contributed by atoms with Crippen molar-refractivity contribution in [1.82, 2.24) is 18.9 Å². The summed E-state index contributed by atoms with van der Waals surface area (Å²) in [4.78, 5) is 14.8. The third kappa shape index (κ3) is 1.78. The lowest BCUT2D eigenvalue weighted by atomic mass is 10.5. The van der Waals surface area contributed by atoms with Gasteiger partial charge >= 0.3 is 5.82 Å². The molecule has 0 aromatic carbocycles. The van der Waals surface area contributed by atoms with Gasteiger partial charge < -0.3 is 15.5 Å². The number of hydrazine groups is 1. The second-order valence-corrected chi connectivity index (χ2v) is 4.26. The van der Waals surface area contributed by atoms with Crippen LogP contribution in [0.2, 0.25) is 0 Å². The van der Waals surface area contributed by atoms with Crippen LogP contribution in [-0.2, 0) is 7.05 Å². The molecule has 0 fully saturated rings. The zero-order valence-electron chi connectivity index (χ0n) is 7.55. The summed E-state index contributed by atoms with van der Waals surface area (Å²) < 4.78 is 2.66. The molecule has 1 N–H and O–H groups in total. The van der Waals surface area contributed by atoms with E-state index in [0.29, 0.717) is 5.82 Å². The number of hydrogen-bond donors (Lipinski definition) is 1. The number of nitrogens with one attached hydrogen (secondary N) is 1. The molecule has 9 heteroatoms. The monoisotopic (exact) mass is 247 g/mol. The van der Waals surface area contributed by atoms with Crippen molar-refractivity contribution in [2.24, 2.45) is 7.05 Å². The number of aromatic nitrogens is 2. The Hall–Kier alpha value is -1.25. The van der Waals surface area contributed by atoms with E-state index in [0.717, 1.165) is 4.91 Å². The number of nitrogens with zero attached hydrogens (tertiary/aromatic N) is 4. The van der Waals surface area contributed by atoms with E-state index >= 15 is 0 Å². The zero-order valence-corrected chi connectivity index (χ0v) is 9.12. The van der Waals surface area contributed by atoms with Gasteiger partial charge in [0.1, 0.15) is 11.1 Å². The van der Waals surface area contributed by atoms with Gasteiger partial charge in [0.2, 0.25) is 5.82 Å². The summed E-state index contributed by atoms with van der Waals surface area (Å²) in [5.74, 6) is 0.446. The highest BCUT2D eigenvalue weighted by Gasteiger charge is 2.24. The van der Waals surface area contributed by atoms with Gasteiger partial charge in [0, 0.05) is 29.9 Å². The van der Waals surface area contributed by atoms with E-state index < -0.39 is 4.92 Å².